The predicted octanol–water partition coefficient (Wildman–Crippen LogP) is 4.42. The summed E-state index contributed by atoms with van der Waals surface area (Å²) in [5.74, 6) is 0.126. The third-order valence-electron chi connectivity index (χ3n) is 5.52. The van der Waals surface area contributed by atoms with Gasteiger partial charge in [-0.15, -0.1) is 11.3 Å². The number of rotatable bonds is 9. The van der Waals surface area contributed by atoms with Crippen LogP contribution in [0.1, 0.15) is 26.7 Å². The molecule has 5 rings (SSSR count). The van der Waals surface area contributed by atoms with E-state index in [1.807, 2.05) is 11.4 Å². The van der Waals surface area contributed by atoms with E-state index in [4.69, 9.17) is 9.47 Å². The summed E-state index contributed by atoms with van der Waals surface area (Å²) in [7, 11) is 1.46. The summed E-state index contributed by atoms with van der Waals surface area (Å²) in [4.78, 5) is 33.9. The largest absolute Gasteiger partial charge is 0.493 e. The average molecular weight is 518 g/mol. The van der Waals surface area contributed by atoms with Crippen molar-refractivity contribution < 1.29 is 23.5 Å². The van der Waals surface area contributed by atoms with Crippen molar-refractivity contribution in [1.82, 2.24) is 25.5 Å². The van der Waals surface area contributed by atoms with Crippen LogP contribution in [0.3, 0.4) is 0 Å². The molecule has 1 amide bonds. The lowest BCUT2D eigenvalue weighted by atomic mass is 10.1. The fourth-order valence-electron chi connectivity index (χ4n) is 3.69. The molecule has 0 spiro atoms. The van der Waals surface area contributed by atoms with Gasteiger partial charge in [0.2, 0.25) is 0 Å². The molecule has 0 saturated carbocycles. The molecular formula is C26H20FN5O4S. The zero-order valence-corrected chi connectivity index (χ0v) is 20.3. The Morgan fingerprint density at radius 1 is 1.11 bits per heavy atom. The summed E-state index contributed by atoms with van der Waals surface area (Å²) in [6.45, 7) is -0.123. The Hall–Kier alpha value is -4.64. The predicted molar refractivity (Wildman–Crippen MR) is 135 cm³/mol. The number of methoxy groups -OCH3 is 1. The fraction of sp³-hybridized carbons (Fsp3) is 0.115. The van der Waals surface area contributed by atoms with Crippen molar-refractivity contribution in [1.29, 1.82) is 0 Å². The molecule has 3 aromatic heterocycles. The SMILES string of the molecule is COc1cc(C(=O)NCC(=O)c2cccc(-c3csc4c(F)cccc34)n2)ccc1OCc1nc[nH]n1. The first-order valence-corrected chi connectivity index (χ1v) is 12.0. The summed E-state index contributed by atoms with van der Waals surface area (Å²) in [6, 6.07) is 14.6. The van der Waals surface area contributed by atoms with E-state index in [-0.39, 0.29) is 30.4 Å². The summed E-state index contributed by atoms with van der Waals surface area (Å²) in [5.41, 5.74) is 1.79. The second-order valence-electron chi connectivity index (χ2n) is 7.85. The monoisotopic (exact) mass is 517 g/mol. The van der Waals surface area contributed by atoms with Crippen molar-refractivity contribution in [2.24, 2.45) is 0 Å². The Morgan fingerprint density at radius 3 is 2.78 bits per heavy atom. The van der Waals surface area contributed by atoms with Crippen molar-refractivity contribution in [3.63, 3.8) is 0 Å². The molecule has 0 atom stereocenters. The van der Waals surface area contributed by atoms with E-state index in [2.05, 4.69) is 25.5 Å². The van der Waals surface area contributed by atoms with Crippen molar-refractivity contribution in [2.45, 2.75) is 6.61 Å². The average Bonchev–Trinajstić information content (AvgIpc) is 3.61. The number of fused-ring (bicyclic) bond motifs is 1. The van der Waals surface area contributed by atoms with Gasteiger partial charge >= 0.3 is 0 Å². The number of amides is 1. The minimum absolute atomic E-state index is 0.127. The number of aromatic amines is 1. The summed E-state index contributed by atoms with van der Waals surface area (Å²) in [6.07, 6.45) is 1.45. The van der Waals surface area contributed by atoms with Gasteiger partial charge in [0.1, 0.15) is 24.4 Å². The number of benzene rings is 2. The van der Waals surface area contributed by atoms with Crippen LogP contribution in [0.5, 0.6) is 11.5 Å². The van der Waals surface area contributed by atoms with Gasteiger partial charge in [0.25, 0.3) is 5.91 Å². The Morgan fingerprint density at radius 2 is 1.97 bits per heavy atom. The number of nitrogens with one attached hydrogen (secondary N) is 2. The smallest absolute Gasteiger partial charge is 0.251 e. The molecule has 11 heteroatoms. The van der Waals surface area contributed by atoms with Gasteiger partial charge in [0.05, 0.1) is 24.0 Å². The van der Waals surface area contributed by atoms with E-state index in [1.54, 1.807) is 36.4 Å². The molecule has 0 fully saturated rings. The topological polar surface area (TPSA) is 119 Å². The molecule has 9 nitrogen and oxygen atoms in total. The van der Waals surface area contributed by atoms with Crippen LogP contribution < -0.4 is 14.8 Å². The fourth-order valence-corrected chi connectivity index (χ4v) is 4.66. The van der Waals surface area contributed by atoms with E-state index in [9.17, 15) is 14.0 Å². The minimum atomic E-state index is -0.456. The van der Waals surface area contributed by atoms with Crippen LogP contribution in [0.25, 0.3) is 21.3 Å². The normalized spacial score (nSPS) is 10.9. The lowest BCUT2D eigenvalue weighted by Gasteiger charge is -2.11. The van der Waals surface area contributed by atoms with Crippen LogP contribution in [-0.4, -0.2) is 45.5 Å². The minimum Gasteiger partial charge on any atom is -0.493 e. The molecule has 0 aliphatic rings. The first-order valence-electron chi connectivity index (χ1n) is 11.1. The maximum atomic E-state index is 14.1. The number of carbonyl (C=O) groups excluding carboxylic acids is 2. The highest BCUT2D eigenvalue weighted by Crippen LogP contribution is 2.34. The van der Waals surface area contributed by atoms with Crippen molar-refractivity contribution in [3.8, 4) is 22.8 Å². The Labute approximate surface area is 214 Å². The summed E-state index contributed by atoms with van der Waals surface area (Å²) < 4.78 is 25.6. The number of carbonyl (C=O) groups is 2. The number of hydrogen-bond acceptors (Lipinski definition) is 8. The van der Waals surface area contributed by atoms with Crippen LogP contribution >= 0.6 is 11.3 Å². The third kappa shape index (κ3) is 5.16. The standard InChI is InChI=1S/C26H20FN5O4S/c1-35-23-10-15(8-9-22(23)36-12-24-29-14-30-32-24)26(34)28-11-21(33)20-7-3-6-19(31-20)17-13-37-25-16(17)4-2-5-18(25)27/h2-10,13-14H,11-12H2,1H3,(H,28,34)(H,29,30,32). The number of hydrogen-bond donors (Lipinski definition) is 2. The third-order valence-corrected chi connectivity index (χ3v) is 6.52. The Kier molecular flexibility index (Phi) is 6.86. The zero-order chi connectivity index (χ0) is 25.8. The van der Waals surface area contributed by atoms with Gasteiger partial charge in [-0.3, -0.25) is 14.7 Å². The molecular weight excluding hydrogens is 497 g/mol. The van der Waals surface area contributed by atoms with Crippen molar-refractivity contribution in [3.05, 3.63) is 89.2 Å². The Balaban J connectivity index is 1.25. The van der Waals surface area contributed by atoms with Gasteiger partial charge in [-0.05, 0) is 36.4 Å². The number of thiophene rings is 1. The number of nitrogens with zero attached hydrogens (tertiary/aromatic N) is 3. The number of ether oxygens (including phenoxy) is 2. The van der Waals surface area contributed by atoms with E-state index in [1.165, 1.54) is 36.9 Å². The van der Waals surface area contributed by atoms with Gasteiger partial charge in [0.15, 0.2) is 23.1 Å². The van der Waals surface area contributed by atoms with Crippen LogP contribution in [0.4, 0.5) is 4.39 Å². The van der Waals surface area contributed by atoms with Crippen molar-refractivity contribution >= 4 is 33.1 Å². The van der Waals surface area contributed by atoms with Crippen LogP contribution in [0.15, 0.2) is 66.3 Å². The number of H-pyrrole nitrogens is 1. The molecule has 37 heavy (non-hydrogen) atoms. The summed E-state index contributed by atoms with van der Waals surface area (Å²) in [5, 5.41) is 11.7. The molecule has 0 bridgehead atoms. The highest BCUT2D eigenvalue weighted by atomic mass is 32.1. The number of ketones is 1. The summed E-state index contributed by atoms with van der Waals surface area (Å²) >= 11 is 1.28. The van der Waals surface area contributed by atoms with Gasteiger partial charge in [-0.1, -0.05) is 18.2 Å². The van der Waals surface area contributed by atoms with Crippen LogP contribution in [0, 0.1) is 5.82 Å². The van der Waals surface area contributed by atoms with E-state index in [0.717, 1.165) is 10.9 Å². The maximum Gasteiger partial charge on any atom is 0.251 e. The molecule has 0 radical (unpaired) electrons. The van der Waals surface area contributed by atoms with Gasteiger partial charge in [-0.25, -0.2) is 14.4 Å². The lowest BCUT2D eigenvalue weighted by Crippen LogP contribution is -2.30. The highest BCUT2D eigenvalue weighted by Gasteiger charge is 2.16. The Bertz CT molecular complexity index is 1590. The quantitative estimate of drug-likeness (QED) is 0.278. The first kappa shape index (κ1) is 24.1. The van der Waals surface area contributed by atoms with Crippen molar-refractivity contribution in [2.75, 3.05) is 13.7 Å². The molecule has 0 aliphatic carbocycles. The van der Waals surface area contributed by atoms with Crippen LogP contribution in [-0.2, 0) is 6.61 Å². The van der Waals surface area contributed by atoms with E-state index < -0.39 is 5.91 Å². The molecule has 3 heterocycles. The molecule has 186 valence electrons. The molecule has 0 saturated heterocycles. The maximum absolute atomic E-state index is 14.1. The molecule has 2 N–H and O–H groups in total. The van der Waals surface area contributed by atoms with E-state index >= 15 is 0 Å². The number of halogens is 1. The second kappa shape index (κ2) is 10.5. The van der Waals surface area contributed by atoms with Gasteiger partial charge in [0, 0.05) is 21.9 Å². The van der Waals surface area contributed by atoms with Gasteiger partial charge < -0.3 is 14.8 Å². The van der Waals surface area contributed by atoms with Gasteiger partial charge in [-0.2, -0.15) is 5.10 Å². The highest BCUT2D eigenvalue weighted by molar-refractivity contribution is 7.17. The number of aromatic nitrogens is 4. The second-order valence-corrected chi connectivity index (χ2v) is 8.73. The van der Waals surface area contributed by atoms with E-state index in [0.29, 0.717) is 33.3 Å². The molecule has 5 aromatic rings. The number of pyridine rings is 1. The molecule has 0 unspecified atom stereocenters. The van der Waals surface area contributed by atoms with Crippen LogP contribution in [0.2, 0.25) is 0 Å². The zero-order valence-electron chi connectivity index (χ0n) is 19.5. The molecule has 0 aliphatic heterocycles. The molecule has 2 aromatic carbocycles. The lowest BCUT2D eigenvalue weighted by molar-refractivity contribution is 0.0902. The number of Topliss-reactive ketones (excluding diaryl/α,β-unsaturated/α-hetero) is 1. The first-order chi connectivity index (χ1) is 18.0.